The summed E-state index contributed by atoms with van der Waals surface area (Å²) in [7, 11) is 3.11. The second kappa shape index (κ2) is 9.15. The Kier molecular flexibility index (Phi) is 6.91. The first-order chi connectivity index (χ1) is 12.5. The van der Waals surface area contributed by atoms with Crippen LogP contribution in [0.2, 0.25) is 0 Å². The molecule has 0 aliphatic heterocycles. The van der Waals surface area contributed by atoms with Crippen LogP contribution in [0.25, 0.3) is 0 Å². The third-order valence-electron chi connectivity index (χ3n) is 3.68. The van der Waals surface area contributed by atoms with Crippen molar-refractivity contribution < 1.29 is 24.2 Å². The highest BCUT2D eigenvalue weighted by Crippen LogP contribution is 2.28. The van der Waals surface area contributed by atoms with Crippen molar-refractivity contribution in [2.45, 2.75) is 23.6 Å². The van der Waals surface area contributed by atoms with Crippen molar-refractivity contribution in [2.75, 3.05) is 14.2 Å². The summed E-state index contributed by atoms with van der Waals surface area (Å²) in [5, 5.41) is 11.3. The summed E-state index contributed by atoms with van der Waals surface area (Å²) in [6.45, 7) is 1.90. The Morgan fingerprint density at radius 3 is 2.46 bits per heavy atom. The molecule has 0 aliphatic carbocycles. The fourth-order valence-corrected chi connectivity index (χ4v) is 3.19. The number of carbonyl (C=O) groups is 2. The molecule has 0 aliphatic rings. The Morgan fingerprint density at radius 2 is 1.81 bits per heavy atom. The molecule has 138 valence electrons. The standard InChI is InChI=1S/C19H21NO5S/c1-12(19(22)23)26-17-7-5-4-6-14(17)18(21)20-11-13-8-9-15(24-2)16(10-13)25-3/h4-10,12H,11H2,1-3H3,(H,20,21)(H,22,23). The minimum atomic E-state index is -0.921. The average molecular weight is 375 g/mol. The summed E-state index contributed by atoms with van der Waals surface area (Å²) in [6.07, 6.45) is 0. The van der Waals surface area contributed by atoms with Crippen LogP contribution in [0.4, 0.5) is 0 Å². The van der Waals surface area contributed by atoms with Crippen LogP contribution >= 0.6 is 11.8 Å². The minimum absolute atomic E-state index is 0.263. The maximum atomic E-state index is 12.5. The Morgan fingerprint density at radius 1 is 1.12 bits per heavy atom. The van der Waals surface area contributed by atoms with Gasteiger partial charge in [-0.2, -0.15) is 0 Å². The molecule has 2 aromatic rings. The molecule has 2 aromatic carbocycles. The molecule has 0 bridgehead atoms. The number of nitrogens with one attached hydrogen (secondary N) is 1. The lowest BCUT2D eigenvalue weighted by molar-refractivity contribution is -0.136. The van der Waals surface area contributed by atoms with Crippen LogP contribution < -0.4 is 14.8 Å². The third-order valence-corrected chi connectivity index (χ3v) is 4.85. The summed E-state index contributed by atoms with van der Waals surface area (Å²) in [6, 6.07) is 12.4. The fraction of sp³-hybridized carbons (Fsp3) is 0.263. The number of carboxylic acids is 1. The molecule has 0 spiro atoms. The zero-order valence-corrected chi connectivity index (χ0v) is 15.6. The topological polar surface area (TPSA) is 84.9 Å². The lowest BCUT2D eigenvalue weighted by Crippen LogP contribution is -2.23. The van der Waals surface area contributed by atoms with E-state index in [9.17, 15) is 9.59 Å². The molecule has 1 amide bonds. The van der Waals surface area contributed by atoms with Gasteiger partial charge in [0.05, 0.1) is 19.8 Å². The lowest BCUT2D eigenvalue weighted by atomic mass is 10.1. The molecule has 2 rings (SSSR count). The maximum Gasteiger partial charge on any atom is 0.316 e. The monoisotopic (exact) mass is 375 g/mol. The van der Waals surface area contributed by atoms with Gasteiger partial charge in [0, 0.05) is 11.4 Å². The van der Waals surface area contributed by atoms with Crippen molar-refractivity contribution in [3.05, 3.63) is 53.6 Å². The predicted molar refractivity (Wildman–Crippen MR) is 100 cm³/mol. The Hall–Kier alpha value is -2.67. The molecule has 0 heterocycles. The van der Waals surface area contributed by atoms with Gasteiger partial charge in [-0.25, -0.2) is 0 Å². The van der Waals surface area contributed by atoms with E-state index >= 15 is 0 Å². The highest BCUT2D eigenvalue weighted by atomic mass is 32.2. The van der Waals surface area contributed by atoms with Crippen molar-refractivity contribution in [2.24, 2.45) is 0 Å². The van der Waals surface area contributed by atoms with Crippen molar-refractivity contribution in [1.29, 1.82) is 0 Å². The van der Waals surface area contributed by atoms with E-state index < -0.39 is 11.2 Å². The number of ether oxygens (including phenoxy) is 2. The number of hydrogen-bond donors (Lipinski definition) is 2. The molecule has 1 unspecified atom stereocenters. The smallest absolute Gasteiger partial charge is 0.316 e. The van der Waals surface area contributed by atoms with Crippen LogP contribution in [0.1, 0.15) is 22.8 Å². The average Bonchev–Trinajstić information content (AvgIpc) is 2.66. The van der Waals surface area contributed by atoms with Crippen molar-refractivity contribution >= 4 is 23.6 Å². The zero-order chi connectivity index (χ0) is 19.1. The van der Waals surface area contributed by atoms with Gasteiger partial charge in [-0.1, -0.05) is 18.2 Å². The molecule has 1 atom stereocenters. The van der Waals surface area contributed by atoms with Crippen LogP contribution in [-0.2, 0) is 11.3 Å². The maximum absolute atomic E-state index is 12.5. The second-order valence-electron chi connectivity index (χ2n) is 5.47. The van der Waals surface area contributed by atoms with E-state index in [-0.39, 0.29) is 5.91 Å². The molecule has 0 saturated heterocycles. The molecule has 0 saturated carbocycles. The highest BCUT2D eigenvalue weighted by molar-refractivity contribution is 8.00. The van der Waals surface area contributed by atoms with Crippen molar-refractivity contribution in [3.63, 3.8) is 0 Å². The van der Waals surface area contributed by atoms with Gasteiger partial charge in [0.15, 0.2) is 11.5 Å². The SMILES string of the molecule is COc1ccc(CNC(=O)c2ccccc2SC(C)C(=O)O)cc1OC. The van der Waals surface area contributed by atoms with Gasteiger partial charge in [-0.3, -0.25) is 9.59 Å². The minimum Gasteiger partial charge on any atom is -0.493 e. The van der Waals surface area contributed by atoms with Crippen LogP contribution in [-0.4, -0.2) is 36.5 Å². The number of amides is 1. The summed E-state index contributed by atoms with van der Waals surface area (Å²) < 4.78 is 10.5. The highest BCUT2D eigenvalue weighted by Gasteiger charge is 2.17. The number of aliphatic carboxylic acids is 1. The Labute approximate surface area is 156 Å². The molecule has 0 aromatic heterocycles. The number of thioether (sulfide) groups is 1. The first-order valence-corrected chi connectivity index (χ1v) is 8.81. The van der Waals surface area contributed by atoms with Crippen LogP contribution in [0.3, 0.4) is 0 Å². The third kappa shape index (κ3) is 4.92. The van der Waals surface area contributed by atoms with Crippen LogP contribution in [0.5, 0.6) is 11.5 Å². The number of carboxylic acid groups (broad SMARTS) is 1. The second-order valence-corrected chi connectivity index (χ2v) is 6.85. The van der Waals surface area contributed by atoms with E-state index in [1.54, 1.807) is 57.5 Å². The zero-order valence-electron chi connectivity index (χ0n) is 14.8. The molecule has 0 radical (unpaired) electrons. The number of methoxy groups -OCH3 is 2. The first kappa shape index (κ1) is 19.7. The number of rotatable bonds is 8. The van der Waals surface area contributed by atoms with Gasteiger partial charge in [0.2, 0.25) is 0 Å². The summed E-state index contributed by atoms with van der Waals surface area (Å²) in [5.74, 6) is 0.0217. The lowest BCUT2D eigenvalue weighted by Gasteiger charge is -2.13. The van der Waals surface area contributed by atoms with Gasteiger partial charge < -0.3 is 19.9 Å². The molecule has 6 nitrogen and oxygen atoms in total. The van der Waals surface area contributed by atoms with Gasteiger partial charge in [-0.05, 0) is 36.8 Å². The normalized spacial score (nSPS) is 11.5. The van der Waals surface area contributed by atoms with E-state index in [1.807, 2.05) is 6.07 Å². The quantitative estimate of drug-likeness (QED) is 0.689. The van der Waals surface area contributed by atoms with Crippen LogP contribution in [0.15, 0.2) is 47.4 Å². The van der Waals surface area contributed by atoms with E-state index in [1.165, 1.54) is 0 Å². The number of benzene rings is 2. The van der Waals surface area contributed by atoms with E-state index in [0.717, 1.165) is 17.3 Å². The van der Waals surface area contributed by atoms with Crippen molar-refractivity contribution in [3.8, 4) is 11.5 Å². The number of carbonyl (C=O) groups excluding carboxylic acids is 1. The molecule has 2 N–H and O–H groups in total. The predicted octanol–water partition coefficient (Wildman–Crippen LogP) is 3.20. The van der Waals surface area contributed by atoms with E-state index in [0.29, 0.717) is 28.5 Å². The van der Waals surface area contributed by atoms with Gasteiger partial charge in [0.1, 0.15) is 5.25 Å². The van der Waals surface area contributed by atoms with Crippen LogP contribution in [0, 0.1) is 0 Å². The van der Waals surface area contributed by atoms with E-state index in [2.05, 4.69) is 5.32 Å². The van der Waals surface area contributed by atoms with Crippen molar-refractivity contribution in [1.82, 2.24) is 5.32 Å². The summed E-state index contributed by atoms with van der Waals surface area (Å²) in [5.41, 5.74) is 1.31. The Balaban J connectivity index is 2.10. The molecule has 7 heteroatoms. The Bertz CT molecular complexity index is 793. The largest absolute Gasteiger partial charge is 0.493 e. The molecular formula is C19H21NO5S. The number of hydrogen-bond acceptors (Lipinski definition) is 5. The van der Waals surface area contributed by atoms with Gasteiger partial charge >= 0.3 is 5.97 Å². The first-order valence-electron chi connectivity index (χ1n) is 7.93. The van der Waals surface area contributed by atoms with E-state index in [4.69, 9.17) is 14.6 Å². The fourth-order valence-electron chi connectivity index (χ4n) is 2.27. The molecular weight excluding hydrogens is 354 g/mol. The molecule has 26 heavy (non-hydrogen) atoms. The summed E-state index contributed by atoms with van der Waals surface area (Å²) in [4.78, 5) is 24.2. The summed E-state index contributed by atoms with van der Waals surface area (Å²) >= 11 is 1.14. The van der Waals surface area contributed by atoms with Gasteiger partial charge in [0.25, 0.3) is 5.91 Å². The molecule has 0 fully saturated rings. The van der Waals surface area contributed by atoms with Gasteiger partial charge in [-0.15, -0.1) is 11.8 Å².